The van der Waals surface area contributed by atoms with Crippen LogP contribution in [0.3, 0.4) is 0 Å². The Labute approximate surface area is 128 Å². The van der Waals surface area contributed by atoms with Crippen molar-refractivity contribution in [3.05, 3.63) is 22.2 Å². The zero-order valence-corrected chi connectivity index (χ0v) is 13.8. The van der Waals surface area contributed by atoms with Crippen LogP contribution in [0.15, 0.2) is 16.6 Å². The first kappa shape index (κ1) is 17.2. The third-order valence-electron chi connectivity index (χ3n) is 3.08. The van der Waals surface area contributed by atoms with E-state index in [-0.39, 0.29) is 6.04 Å². The molecule has 1 aromatic rings. The van der Waals surface area contributed by atoms with Crippen molar-refractivity contribution in [3.8, 4) is 11.5 Å². The second-order valence-electron chi connectivity index (χ2n) is 4.26. The standard InChI is InChI=1S/C14H23BrN2O3/c1-4-20-9-5-6-11(17-16)10-7-8-12(18-2)13(15)14(10)19-3/h7-8,11,17H,4-6,9,16H2,1-3H3. The Morgan fingerprint density at radius 1 is 1.30 bits per heavy atom. The van der Waals surface area contributed by atoms with Crippen LogP contribution in [0.2, 0.25) is 0 Å². The van der Waals surface area contributed by atoms with Crippen LogP contribution in [0.4, 0.5) is 0 Å². The molecule has 1 unspecified atom stereocenters. The van der Waals surface area contributed by atoms with Crippen molar-refractivity contribution >= 4 is 15.9 Å². The fraction of sp³-hybridized carbons (Fsp3) is 0.571. The van der Waals surface area contributed by atoms with Gasteiger partial charge in [0.1, 0.15) is 16.0 Å². The van der Waals surface area contributed by atoms with Crippen LogP contribution in [0.25, 0.3) is 0 Å². The van der Waals surface area contributed by atoms with Gasteiger partial charge in [-0.3, -0.25) is 11.3 Å². The molecule has 0 amide bonds. The van der Waals surface area contributed by atoms with Crippen LogP contribution in [0, 0.1) is 0 Å². The van der Waals surface area contributed by atoms with E-state index in [1.165, 1.54) is 0 Å². The molecule has 3 N–H and O–H groups in total. The molecule has 1 atom stereocenters. The smallest absolute Gasteiger partial charge is 0.141 e. The molecule has 114 valence electrons. The highest BCUT2D eigenvalue weighted by Crippen LogP contribution is 2.40. The maximum atomic E-state index is 5.67. The van der Waals surface area contributed by atoms with Crippen LogP contribution in [0.1, 0.15) is 31.4 Å². The quantitative estimate of drug-likeness (QED) is 0.409. The summed E-state index contributed by atoms with van der Waals surface area (Å²) in [6, 6.07) is 3.87. The molecular weight excluding hydrogens is 324 g/mol. The number of ether oxygens (including phenoxy) is 3. The Balaban J connectivity index is 2.88. The first-order chi connectivity index (χ1) is 9.69. The fourth-order valence-corrected chi connectivity index (χ4v) is 2.74. The van der Waals surface area contributed by atoms with Crippen molar-refractivity contribution in [3.63, 3.8) is 0 Å². The van der Waals surface area contributed by atoms with E-state index in [0.717, 1.165) is 47.6 Å². The first-order valence-electron chi connectivity index (χ1n) is 6.63. The third-order valence-corrected chi connectivity index (χ3v) is 3.83. The number of hydrogen-bond donors (Lipinski definition) is 2. The summed E-state index contributed by atoms with van der Waals surface area (Å²) in [5.74, 6) is 7.14. The van der Waals surface area contributed by atoms with Gasteiger partial charge in [-0.25, -0.2) is 0 Å². The predicted octanol–water partition coefficient (Wildman–Crippen LogP) is 2.79. The average molecular weight is 347 g/mol. The van der Waals surface area contributed by atoms with Crippen LogP contribution in [0.5, 0.6) is 11.5 Å². The van der Waals surface area contributed by atoms with Crippen molar-refractivity contribution < 1.29 is 14.2 Å². The number of methoxy groups -OCH3 is 2. The molecule has 0 aliphatic heterocycles. The Bertz CT molecular complexity index is 416. The lowest BCUT2D eigenvalue weighted by atomic mass is 10.0. The monoisotopic (exact) mass is 346 g/mol. The molecule has 1 aromatic carbocycles. The summed E-state index contributed by atoms with van der Waals surface area (Å²) in [6.07, 6.45) is 1.79. The van der Waals surface area contributed by atoms with Crippen LogP contribution >= 0.6 is 15.9 Å². The number of halogens is 1. The molecule has 0 heterocycles. The van der Waals surface area contributed by atoms with Crippen molar-refractivity contribution in [1.82, 2.24) is 5.43 Å². The van der Waals surface area contributed by atoms with Crippen molar-refractivity contribution in [2.45, 2.75) is 25.8 Å². The molecule has 0 bridgehead atoms. The lowest BCUT2D eigenvalue weighted by molar-refractivity contribution is 0.140. The SMILES string of the molecule is CCOCCCC(NN)c1ccc(OC)c(Br)c1OC. The maximum Gasteiger partial charge on any atom is 0.141 e. The van der Waals surface area contributed by atoms with E-state index < -0.39 is 0 Å². The molecule has 20 heavy (non-hydrogen) atoms. The van der Waals surface area contributed by atoms with Gasteiger partial charge in [0.2, 0.25) is 0 Å². The lowest BCUT2D eigenvalue weighted by Crippen LogP contribution is -2.28. The van der Waals surface area contributed by atoms with E-state index in [1.807, 2.05) is 19.1 Å². The van der Waals surface area contributed by atoms with Gasteiger partial charge in [-0.15, -0.1) is 0 Å². The van der Waals surface area contributed by atoms with Crippen molar-refractivity contribution in [2.24, 2.45) is 5.84 Å². The Kier molecular flexibility index (Phi) is 7.91. The summed E-state index contributed by atoms with van der Waals surface area (Å²) in [7, 11) is 3.26. The molecule has 0 aliphatic carbocycles. The van der Waals surface area contributed by atoms with E-state index in [2.05, 4.69) is 21.4 Å². The maximum absolute atomic E-state index is 5.67. The zero-order chi connectivity index (χ0) is 15.0. The number of rotatable bonds is 9. The average Bonchev–Trinajstić information content (AvgIpc) is 2.47. The fourth-order valence-electron chi connectivity index (χ4n) is 2.05. The second-order valence-corrected chi connectivity index (χ2v) is 5.06. The topological polar surface area (TPSA) is 65.7 Å². The molecule has 0 spiro atoms. The van der Waals surface area contributed by atoms with Gasteiger partial charge in [0.05, 0.1) is 14.2 Å². The molecule has 0 radical (unpaired) electrons. The first-order valence-corrected chi connectivity index (χ1v) is 7.43. The summed E-state index contributed by atoms with van der Waals surface area (Å²) in [5, 5.41) is 0. The molecule has 0 saturated carbocycles. The minimum Gasteiger partial charge on any atom is -0.495 e. The van der Waals surface area contributed by atoms with Gasteiger partial charge in [-0.1, -0.05) is 0 Å². The van der Waals surface area contributed by atoms with E-state index in [1.54, 1.807) is 14.2 Å². The van der Waals surface area contributed by atoms with Gasteiger partial charge in [-0.2, -0.15) is 0 Å². The molecule has 0 saturated heterocycles. The van der Waals surface area contributed by atoms with Gasteiger partial charge >= 0.3 is 0 Å². The van der Waals surface area contributed by atoms with E-state index in [4.69, 9.17) is 20.1 Å². The van der Waals surface area contributed by atoms with Gasteiger partial charge in [0.15, 0.2) is 0 Å². The zero-order valence-electron chi connectivity index (χ0n) is 12.2. The minimum atomic E-state index is 0.00705. The van der Waals surface area contributed by atoms with E-state index >= 15 is 0 Å². The summed E-state index contributed by atoms with van der Waals surface area (Å²) >= 11 is 3.50. The van der Waals surface area contributed by atoms with Gasteiger partial charge in [0, 0.05) is 24.8 Å². The second kappa shape index (κ2) is 9.18. The largest absolute Gasteiger partial charge is 0.495 e. The Morgan fingerprint density at radius 2 is 2.05 bits per heavy atom. The van der Waals surface area contributed by atoms with Crippen molar-refractivity contribution in [1.29, 1.82) is 0 Å². The summed E-state index contributed by atoms with van der Waals surface area (Å²) < 4.78 is 16.9. The van der Waals surface area contributed by atoms with E-state index in [9.17, 15) is 0 Å². The number of benzene rings is 1. The predicted molar refractivity (Wildman–Crippen MR) is 83.0 cm³/mol. The van der Waals surface area contributed by atoms with Crippen LogP contribution in [-0.4, -0.2) is 27.4 Å². The van der Waals surface area contributed by atoms with Crippen LogP contribution < -0.4 is 20.7 Å². The van der Waals surface area contributed by atoms with Crippen LogP contribution in [-0.2, 0) is 4.74 Å². The summed E-state index contributed by atoms with van der Waals surface area (Å²) in [5.41, 5.74) is 3.84. The number of nitrogens with one attached hydrogen (secondary N) is 1. The molecule has 0 aromatic heterocycles. The lowest BCUT2D eigenvalue weighted by Gasteiger charge is -2.21. The van der Waals surface area contributed by atoms with E-state index in [0.29, 0.717) is 0 Å². The molecule has 1 rings (SSSR count). The molecule has 0 aliphatic rings. The summed E-state index contributed by atoms with van der Waals surface area (Å²) in [6.45, 7) is 3.45. The number of nitrogens with two attached hydrogens (primary N) is 1. The van der Waals surface area contributed by atoms with Crippen molar-refractivity contribution in [2.75, 3.05) is 27.4 Å². The molecule has 5 nitrogen and oxygen atoms in total. The highest BCUT2D eigenvalue weighted by molar-refractivity contribution is 9.10. The number of hydrazine groups is 1. The van der Waals surface area contributed by atoms with Gasteiger partial charge in [-0.05, 0) is 47.8 Å². The molecule has 0 fully saturated rings. The normalized spacial score (nSPS) is 12.2. The third kappa shape index (κ3) is 4.34. The Hall–Kier alpha value is -0.820. The highest BCUT2D eigenvalue weighted by Gasteiger charge is 2.19. The number of hydrogen-bond acceptors (Lipinski definition) is 5. The Morgan fingerprint density at radius 3 is 2.60 bits per heavy atom. The molecule has 6 heteroatoms. The highest BCUT2D eigenvalue weighted by atomic mass is 79.9. The van der Waals surface area contributed by atoms with Gasteiger partial charge in [0.25, 0.3) is 0 Å². The minimum absolute atomic E-state index is 0.00705. The van der Waals surface area contributed by atoms with Gasteiger partial charge < -0.3 is 14.2 Å². The molecular formula is C14H23BrN2O3. The summed E-state index contributed by atoms with van der Waals surface area (Å²) in [4.78, 5) is 0.